The van der Waals surface area contributed by atoms with Crippen molar-refractivity contribution in [1.29, 1.82) is 0 Å². The van der Waals surface area contributed by atoms with Crippen LogP contribution in [0.1, 0.15) is 13.3 Å². The van der Waals surface area contributed by atoms with Crippen molar-refractivity contribution in [2.24, 2.45) is 10.7 Å². The van der Waals surface area contributed by atoms with Crippen LogP contribution in [0, 0.1) is 0 Å². The fourth-order valence-electron chi connectivity index (χ4n) is 1.93. The number of aliphatic imine (C=N–C) groups is 1. The highest BCUT2D eigenvalue weighted by molar-refractivity contribution is 7.80. The zero-order chi connectivity index (χ0) is 14.0. The second-order valence-electron chi connectivity index (χ2n) is 4.27. The SMILES string of the molecule is CC1C=C(N2CC=CCC2)N=C(N)N1OS(=O)(=O)O. The number of hydrogen-bond donors (Lipinski definition) is 2. The van der Waals surface area contributed by atoms with Crippen LogP contribution < -0.4 is 5.73 Å². The van der Waals surface area contributed by atoms with Gasteiger partial charge in [0.2, 0.25) is 5.96 Å². The van der Waals surface area contributed by atoms with E-state index in [2.05, 4.69) is 15.4 Å². The van der Waals surface area contributed by atoms with Gasteiger partial charge in [-0.15, -0.1) is 4.28 Å². The fraction of sp³-hybridized carbons (Fsp3) is 0.500. The van der Waals surface area contributed by atoms with Gasteiger partial charge < -0.3 is 10.6 Å². The van der Waals surface area contributed by atoms with Gasteiger partial charge >= 0.3 is 10.4 Å². The van der Waals surface area contributed by atoms with Crippen LogP contribution in [0.25, 0.3) is 0 Å². The minimum atomic E-state index is -4.62. The molecule has 9 heteroatoms. The van der Waals surface area contributed by atoms with Crippen molar-refractivity contribution >= 4 is 16.4 Å². The van der Waals surface area contributed by atoms with Crippen LogP contribution in [0.3, 0.4) is 0 Å². The summed E-state index contributed by atoms with van der Waals surface area (Å²) in [5, 5.41) is 0.846. The first-order chi connectivity index (χ1) is 8.87. The maximum Gasteiger partial charge on any atom is 0.418 e. The number of hydroxylamine groups is 2. The van der Waals surface area contributed by atoms with Gasteiger partial charge in [0.15, 0.2) is 0 Å². The standard InChI is InChI=1S/C10H16N4O4S/c1-8-7-9(13-5-3-2-4-6-13)12-10(11)14(8)18-19(15,16)17/h2-3,7-8H,4-6H2,1H3,(H2,11,12)(H,15,16,17). The molecule has 0 radical (unpaired) electrons. The molecule has 0 aromatic heterocycles. The average Bonchev–Trinajstić information content (AvgIpc) is 2.33. The topological polar surface area (TPSA) is 108 Å². The van der Waals surface area contributed by atoms with Crippen molar-refractivity contribution in [3.63, 3.8) is 0 Å². The van der Waals surface area contributed by atoms with Crippen LogP contribution in [-0.2, 0) is 14.7 Å². The molecule has 2 heterocycles. The molecule has 3 N–H and O–H groups in total. The first-order valence-corrected chi connectivity index (χ1v) is 7.15. The van der Waals surface area contributed by atoms with Crippen LogP contribution in [0.5, 0.6) is 0 Å². The van der Waals surface area contributed by atoms with E-state index < -0.39 is 16.4 Å². The fourth-order valence-corrected chi connectivity index (χ4v) is 2.34. The summed E-state index contributed by atoms with van der Waals surface area (Å²) in [6.07, 6.45) is 6.76. The minimum absolute atomic E-state index is 0.114. The molecule has 0 saturated heterocycles. The van der Waals surface area contributed by atoms with Gasteiger partial charge in [0.05, 0.1) is 6.04 Å². The molecule has 0 aromatic carbocycles. The van der Waals surface area contributed by atoms with Gasteiger partial charge in [0, 0.05) is 13.1 Å². The smallest absolute Gasteiger partial charge is 0.368 e. The normalized spacial score (nSPS) is 24.2. The lowest BCUT2D eigenvalue weighted by Crippen LogP contribution is -2.47. The maximum atomic E-state index is 10.7. The van der Waals surface area contributed by atoms with Crippen LogP contribution in [0.4, 0.5) is 0 Å². The van der Waals surface area contributed by atoms with E-state index in [9.17, 15) is 8.42 Å². The number of nitrogens with zero attached hydrogens (tertiary/aromatic N) is 3. The number of hydrogen-bond acceptors (Lipinski definition) is 7. The van der Waals surface area contributed by atoms with E-state index in [1.54, 1.807) is 13.0 Å². The van der Waals surface area contributed by atoms with Crippen LogP contribution in [0.2, 0.25) is 0 Å². The molecule has 8 nitrogen and oxygen atoms in total. The van der Waals surface area contributed by atoms with E-state index in [-0.39, 0.29) is 5.96 Å². The molecule has 0 amide bonds. The van der Waals surface area contributed by atoms with Crippen molar-refractivity contribution in [3.8, 4) is 0 Å². The van der Waals surface area contributed by atoms with Crippen LogP contribution in [-0.4, -0.2) is 48.0 Å². The summed E-state index contributed by atoms with van der Waals surface area (Å²) in [6, 6.07) is -0.458. The molecular weight excluding hydrogens is 272 g/mol. The lowest BCUT2D eigenvalue weighted by molar-refractivity contribution is -0.00950. The number of guanidine groups is 1. The van der Waals surface area contributed by atoms with Crippen LogP contribution in [0.15, 0.2) is 29.0 Å². The van der Waals surface area contributed by atoms with E-state index in [0.717, 1.165) is 24.6 Å². The highest BCUT2D eigenvalue weighted by Crippen LogP contribution is 2.19. The summed E-state index contributed by atoms with van der Waals surface area (Å²) >= 11 is 0. The molecule has 2 rings (SSSR count). The third-order valence-electron chi connectivity index (χ3n) is 2.77. The molecular formula is C10H16N4O4S. The zero-order valence-corrected chi connectivity index (χ0v) is 11.2. The minimum Gasteiger partial charge on any atom is -0.368 e. The first-order valence-electron chi connectivity index (χ1n) is 5.79. The maximum absolute atomic E-state index is 10.7. The van der Waals surface area contributed by atoms with Gasteiger partial charge in [-0.25, -0.2) is 0 Å². The van der Waals surface area contributed by atoms with Gasteiger partial charge in [-0.3, -0.25) is 4.55 Å². The number of rotatable bonds is 3. The van der Waals surface area contributed by atoms with Gasteiger partial charge in [0.1, 0.15) is 5.82 Å². The molecule has 0 fully saturated rings. The zero-order valence-electron chi connectivity index (χ0n) is 10.4. The van der Waals surface area contributed by atoms with Crippen molar-refractivity contribution in [2.75, 3.05) is 13.1 Å². The Balaban J connectivity index is 2.15. The second kappa shape index (κ2) is 5.19. The molecule has 0 bridgehead atoms. The van der Waals surface area contributed by atoms with Gasteiger partial charge in [-0.2, -0.15) is 18.5 Å². The van der Waals surface area contributed by atoms with E-state index in [0.29, 0.717) is 5.82 Å². The Labute approximate surface area is 111 Å². The summed E-state index contributed by atoms with van der Waals surface area (Å²) in [4.78, 5) is 6.12. The monoisotopic (exact) mass is 288 g/mol. The van der Waals surface area contributed by atoms with Crippen LogP contribution >= 0.6 is 0 Å². The largest absolute Gasteiger partial charge is 0.418 e. The number of nitrogens with two attached hydrogens (primary N) is 1. The average molecular weight is 288 g/mol. The molecule has 2 aliphatic heterocycles. The van der Waals surface area contributed by atoms with Crippen molar-refractivity contribution < 1.29 is 17.3 Å². The molecule has 2 aliphatic rings. The Kier molecular flexibility index (Phi) is 3.78. The predicted molar refractivity (Wildman–Crippen MR) is 69.0 cm³/mol. The molecule has 1 unspecified atom stereocenters. The third-order valence-corrected chi connectivity index (χ3v) is 3.12. The van der Waals surface area contributed by atoms with E-state index >= 15 is 0 Å². The third kappa shape index (κ3) is 3.46. The lowest BCUT2D eigenvalue weighted by atomic mass is 10.2. The molecule has 1 atom stereocenters. The summed E-state index contributed by atoms with van der Waals surface area (Å²) in [5.41, 5.74) is 5.66. The Morgan fingerprint density at radius 3 is 2.79 bits per heavy atom. The van der Waals surface area contributed by atoms with Crippen molar-refractivity contribution in [1.82, 2.24) is 9.96 Å². The Morgan fingerprint density at radius 2 is 2.26 bits per heavy atom. The molecule has 106 valence electrons. The first kappa shape index (κ1) is 13.8. The van der Waals surface area contributed by atoms with E-state index in [1.807, 2.05) is 11.0 Å². The Bertz CT molecular complexity index is 540. The Hall–Kier alpha value is -1.58. The Morgan fingerprint density at radius 1 is 1.53 bits per heavy atom. The summed E-state index contributed by atoms with van der Waals surface area (Å²) < 4.78 is 34.5. The van der Waals surface area contributed by atoms with E-state index in [4.69, 9.17) is 10.3 Å². The lowest BCUT2D eigenvalue weighted by Gasteiger charge is -2.33. The molecule has 19 heavy (non-hydrogen) atoms. The van der Waals surface area contributed by atoms with E-state index in [1.165, 1.54) is 0 Å². The predicted octanol–water partition coefficient (Wildman–Crippen LogP) is -0.157. The molecule has 0 saturated carbocycles. The summed E-state index contributed by atoms with van der Waals surface area (Å²) in [5.74, 6) is 0.557. The van der Waals surface area contributed by atoms with Gasteiger partial charge in [0.25, 0.3) is 0 Å². The van der Waals surface area contributed by atoms with Gasteiger partial charge in [-0.05, 0) is 19.4 Å². The quantitative estimate of drug-likeness (QED) is 0.548. The second-order valence-corrected chi connectivity index (χ2v) is 5.27. The molecule has 0 aromatic rings. The summed E-state index contributed by atoms with van der Waals surface area (Å²) in [6.45, 7) is 3.24. The highest BCUT2D eigenvalue weighted by atomic mass is 32.3. The molecule has 0 aliphatic carbocycles. The van der Waals surface area contributed by atoms with Crippen molar-refractivity contribution in [3.05, 3.63) is 24.0 Å². The van der Waals surface area contributed by atoms with Gasteiger partial charge in [-0.1, -0.05) is 12.2 Å². The van der Waals surface area contributed by atoms with Crippen molar-refractivity contribution in [2.45, 2.75) is 19.4 Å². The summed E-state index contributed by atoms with van der Waals surface area (Å²) in [7, 11) is -4.62. The highest BCUT2D eigenvalue weighted by Gasteiger charge is 2.27. The molecule has 0 spiro atoms.